The highest BCUT2D eigenvalue weighted by Gasteiger charge is 2.43. The second-order valence-corrected chi connectivity index (χ2v) is 4.77. The Kier molecular flexibility index (Phi) is 3.13. The van der Waals surface area contributed by atoms with Crippen molar-refractivity contribution in [3.8, 4) is 5.75 Å². The van der Waals surface area contributed by atoms with Gasteiger partial charge in [0.05, 0.1) is 7.11 Å². The minimum atomic E-state index is 0. The van der Waals surface area contributed by atoms with Crippen molar-refractivity contribution >= 4 is 12.4 Å². The average molecular weight is 240 g/mol. The molecule has 2 nitrogen and oxygen atoms in total. The van der Waals surface area contributed by atoms with E-state index >= 15 is 0 Å². The van der Waals surface area contributed by atoms with Crippen LogP contribution in [0, 0.1) is 0 Å². The smallest absolute Gasteiger partial charge is 0.119 e. The number of rotatable bonds is 1. The molecule has 0 aromatic heterocycles. The number of benzene rings is 1. The van der Waals surface area contributed by atoms with Crippen LogP contribution in [0.1, 0.15) is 24.0 Å². The number of hydrogen-bond acceptors (Lipinski definition) is 2. The first-order valence-corrected chi connectivity index (χ1v) is 5.72. The second kappa shape index (κ2) is 4.27. The van der Waals surface area contributed by atoms with Crippen LogP contribution in [0.25, 0.3) is 0 Å². The maximum Gasteiger partial charge on any atom is 0.119 e. The molecule has 0 bridgehead atoms. The van der Waals surface area contributed by atoms with Crippen LogP contribution in [0.2, 0.25) is 0 Å². The molecule has 1 saturated carbocycles. The summed E-state index contributed by atoms with van der Waals surface area (Å²) >= 11 is 0. The molecule has 1 N–H and O–H groups in total. The van der Waals surface area contributed by atoms with Crippen molar-refractivity contribution < 1.29 is 4.74 Å². The zero-order chi connectivity index (χ0) is 10.3. The number of nitrogens with one attached hydrogen (secondary N) is 1. The summed E-state index contributed by atoms with van der Waals surface area (Å²) in [5.74, 6) is 0.992. The summed E-state index contributed by atoms with van der Waals surface area (Å²) in [6.45, 7) is 1.12. The van der Waals surface area contributed by atoms with E-state index in [1.54, 1.807) is 7.11 Å². The summed E-state index contributed by atoms with van der Waals surface area (Å²) in [4.78, 5) is 0. The van der Waals surface area contributed by atoms with Crippen molar-refractivity contribution in [3.05, 3.63) is 29.3 Å². The standard InChI is InChI=1S/C13H17NO.ClH/c1-15-12-3-2-10-4-7-14-13(5-6-13)9-11(10)8-12;/h2-3,8,14H,4-7,9H2,1H3;1H. The third kappa shape index (κ3) is 2.04. The summed E-state index contributed by atoms with van der Waals surface area (Å²) in [6, 6.07) is 6.50. The zero-order valence-corrected chi connectivity index (χ0v) is 10.4. The van der Waals surface area contributed by atoms with Gasteiger partial charge in [0, 0.05) is 5.54 Å². The Morgan fingerprint density at radius 3 is 2.75 bits per heavy atom. The molecule has 0 saturated heterocycles. The number of halogens is 1. The van der Waals surface area contributed by atoms with Crippen molar-refractivity contribution in [3.63, 3.8) is 0 Å². The van der Waals surface area contributed by atoms with Crippen LogP contribution >= 0.6 is 12.4 Å². The molecule has 88 valence electrons. The monoisotopic (exact) mass is 239 g/mol. The van der Waals surface area contributed by atoms with Crippen LogP contribution < -0.4 is 10.1 Å². The van der Waals surface area contributed by atoms with Crippen molar-refractivity contribution in [2.24, 2.45) is 0 Å². The van der Waals surface area contributed by atoms with E-state index in [0.29, 0.717) is 5.54 Å². The van der Waals surface area contributed by atoms with E-state index in [0.717, 1.165) is 18.7 Å². The lowest BCUT2D eigenvalue weighted by Crippen LogP contribution is -2.32. The average Bonchev–Trinajstić information content (AvgIpc) is 3.03. The molecule has 0 atom stereocenters. The fourth-order valence-electron chi connectivity index (χ4n) is 2.53. The number of ether oxygens (including phenoxy) is 1. The first-order valence-electron chi connectivity index (χ1n) is 5.72. The van der Waals surface area contributed by atoms with Crippen LogP contribution in [-0.2, 0) is 12.8 Å². The predicted octanol–water partition coefficient (Wildman–Crippen LogP) is 2.34. The van der Waals surface area contributed by atoms with Crippen LogP contribution in [0.4, 0.5) is 0 Å². The van der Waals surface area contributed by atoms with Gasteiger partial charge >= 0.3 is 0 Å². The van der Waals surface area contributed by atoms with Gasteiger partial charge in [-0.15, -0.1) is 12.4 Å². The summed E-state index contributed by atoms with van der Waals surface area (Å²) in [5.41, 5.74) is 3.42. The first-order chi connectivity index (χ1) is 7.31. The normalized spacial score (nSPS) is 20.6. The summed E-state index contributed by atoms with van der Waals surface area (Å²) in [6.07, 6.45) is 5.01. The topological polar surface area (TPSA) is 21.3 Å². The highest BCUT2D eigenvalue weighted by molar-refractivity contribution is 5.85. The summed E-state index contributed by atoms with van der Waals surface area (Å²) < 4.78 is 5.29. The van der Waals surface area contributed by atoms with Crippen LogP contribution in [0.3, 0.4) is 0 Å². The molecule has 0 unspecified atom stereocenters. The van der Waals surface area contributed by atoms with E-state index in [4.69, 9.17) is 4.74 Å². The maximum atomic E-state index is 5.29. The van der Waals surface area contributed by atoms with Crippen molar-refractivity contribution in [2.45, 2.75) is 31.2 Å². The lowest BCUT2D eigenvalue weighted by Gasteiger charge is -2.14. The van der Waals surface area contributed by atoms with Gasteiger partial charge in [0.15, 0.2) is 0 Å². The Bertz CT molecular complexity index is 388. The third-order valence-electron chi connectivity index (χ3n) is 3.69. The molecule has 3 rings (SSSR count). The van der Waals surface area contributed by atoms with Gasteiger partial charge in [-0.05, 0) is 55.5 Å². The van der Waals surface area contributed by atoms with Crippen LogP contribution in [0.15, 0.2) is 18.2 Å². The largest absolute Gasteiger partial charge is 0.497 e. The first kappa shape index (κ1) is 11.7. The van der Waals surface area contributed by atoms with Crippen molar-refractivity contribution in [1.29, 1.82) is 0 Å². The Morgan fingerprint density at radius 1 is 1.25 bits per heavy atom. The van der Waals surface area contributed by atoms with Crippen molar-refractivity contribution in [1.82, 2.24) is 5.32 Å². The fourth-order valence-corrected chi connectivity index (χ4v) is 2.53. The molecule has 1 aliphatic carbocycles. The van der Waals surface area contributed by atoms with Gasteiger partial charge in [-0.25, -0.2) is 0 Å². The van der Waals surface area contributed by atoms with E-state index < -0.39 is 0 Å². The predicted molar refractivity (Wildman–Crippen MR) is 67.6 cm³/mol. The Balaban J connectivity index is 0.000000963. The number of methoxy groups -OCH3 is 1. The Labute approximate surface area is 103 Å². The molecule has 1 aliphatic heterocycles. The molecule has 0 amide bonds. The summed E-state index contributed by atoms with van der Waals surface area (Å²) in [5, 5.41) is 3.68. The van der Waals surface area contributed by atoms with Gasteiger partial charge in [-0.3, -0.25) is 0 Å². The van der Waals surface area contributed by atoms with Crippen molar-refractivity contribution in [2.75, 3.05) is 13.7 Å². The molecule has 1 spiro atoms. The van der Waals surface area contributed by atoms with E-state index in [-0.39, 0.29) is 12.4 Å². The molecular weight excluding hydrogens is 222 g/mol. The highest BCUT2D eigenvalue weighted by Crippen LogP contribution is 2.41. The van der Waals surface area contributed by atoms with Crippen LogP contribution in [-0.4, -0.2) is 19.2 Å². The lowest BCUT2D eigenvalue weighted by molar-refractivity contribution is 0.413. The summed E-state index contributed by atoms with van der Waals surface area (Å²) in [7, 11) is 1.74. The zero-order valence-electron chi connectivity index (χ0n) is 9.58. The van der Waals surface area contributed by atoms with E-state index in [2.05, 4.69) is 23.5 Å². The molecule has 1 aromatic rings. The molecule has 1 fully saturated rings. The molecule has 2 aliphatic rings. The fraction of sp³-hybridized carbons (Fsp3) is 0.538. The minimum absolute atomic E-state index is 0. The van der Waals surface area contributed by atoms with Gasteiger partial charge in [-0.2, -0.15) is 0 Å². The van der Waals surface area contributed by atoms with E-state index in [1.807, 2.05) is 0 Å². The number of hydrogen-bond donors (Lipinski definition) is 1. The van der Waals surface area contributed by atoms with E-state index in [9.17, 15) is 0 Å². The maximum absolute atomic E-state index is 5.29. The van der Waals surface area contributed by atoms with Gasteiger partial charge in [0.25, 0.3) is 0 Å². The van der Waals surface area contributed by atoms with Crippen LogP contribution in [0.5, 0.6) is 5.75 Å². The lowest BCUT2D eigenvalue weighted by atomic mass is 9.99. The second-order valence-electron chi connectivity index (χ2n) is 4.77. The third-order valence-corrected chi connectivity index (χ3v) is 3.69. The SMILES string of the molecule is COc1ccc2c(c1)CC1(CC1)NCC2.Cl. The minimum Gasteiger partial charge on any atom is -0.497 e. The quantitative estimate of drug-likeness (QED) is 0.812. The van der Waals surface area contributed by atoms with Gasteiger partial charge < -0.3 is 10.1 Å². The molecule has 3 heteroatoms. The van der Waals surface area contributed by atoms with Gasteiger partial charge in [0.1, 0.15) is 5.75 Å². The van der Waals surface area contributed by atoms with Gasteiger partial charge in [-0.1, -0.05) is 6.07 Å². The molecule has 1 heterocycles. The van der Waals surface area contributed by atoms with E-state index in [1.165, 1.54) is 30.4 Å². The molecule has 0 radical (unpaired) electrons. The number of fused-ring (bicyclic) bond motifs is 1. The van der Waals surface area contributed by atoms with Gasteiger partial charge in [0.2, 0.25) is 0 Å². The molecular formula is C13H18ClNO. The Morgan fingerprint density at radius 2 is 2.06 bits per heavy atom. The highest BCUT2D eigenvalue weighted by atomic mass is 35.5. The Hall–Kier alpha value is -0.730. The molecule has 16 heavy (non-hydrogen) atoms. The molecule has 1 aromatic carbocycles.